The fourth-order valence-corrected chi connectivity index (χ4v) is 4.71. The van der Waals surface area contributed by atoms with Gasteiger partial charge in [-0.05, 0) is 48.1 Å². The topological polar surface area (TPSA) is 85.4 Å². The molecule has 0 amide bonds. The molecule has 1 fully saturated rings. The summed E-state index contributed by atoms with van der Waals surface area (Å²) < 4.78 is 22.2. The molecule has 1 aliphatic heterocycles. The van der Waals surface area contributed by atoms with Gasteiger partial charge in [0, 0.05) is 25.7 Å². The summed E-state index contributed by atoms with van der Waals surface area (Å²) in [5.74, 6) is 0.476. The maximum Gasteiger partial charge on any atom is 0.264 e. The SMILES string of the molecule is CC(C)(C)COc1cccc(-n2ncc3c(=O)n(CC4(O)CCN(Cc5ccc(F)cc5)CC4)cnc32)c1. The Hall–Kier alpha value is -3.56. The van der Waals surface area contributed by atoms with Crippen LogP contribution in [0.2, 0.25) is 0 Å². The standard InChI is InChI=1S/C29H34FN5O3/c1-28(2,3)19-38-24-6-4-5-23(15-24)35-26-25(16-32-35)27(36)34(20-31-26)18-29(37)11-13-33(14-12-29)17-21-7-9-22(30)10-8-21/h4-10,15-16,20,37H,11-14,17-19H2,1-3H3. The van der Waals surface area contributed by atoms with Crippen molar-refractivity contribution in [2.24, 2.45) is 5.41 Å². The molecule has 1 saturated heterocycles. The van der Waals surface area contributed by atoms with Crippen molar-refractivity contribution in [2.75, 3.05) is 19.7 Å². The van der Waals surface area contributed by atoms with E-state index in [1.54, 1.807) is 16.8 Å². The second-order valence-corrected chi connectivity index (χ2v) is 11.4. The molecule has 0 aliphatic carbocycles. The minimum atomic E-state index is -1.01. The van der Waals surface area contributed by atoms with Crippen LogP contribution in [0.4, 0.5) is 4.39 Å². The first-order chi connectivity index (χ1) is 18.1. The first kappa shape index (κ1) is 26.1. The summed E-state index contributed by atoms with van der Waals surface area (Å²) in [5, 5.41) is 16.1. The third-order valence-electron chi connectivity index (χ3n) is 6.86. The lowest BCUT2D eigenvalue weighted by atomic mass is 9.91. The number of rotatable bonds is 7. The maximum absolute atomic E-state index is 13.3. The van der Waals surface area contributed by atoms with Gasteiger partial charge in [0.15, 0.2) is 5.65 Å². The van der Waals surface area contributed by atoms with Crippen molar-refractivity contribution in [3.63, 3.8) is 0 Å². The zero-order valence-electron chi connectivity index (χ0n) is 22.1. The van der Waals surface area contributed by atoms with E-state index >= 15 is 0 Å². The monoisotopic (exact) mass is 519 g/mol. The second-order valence-electron chi connectivity index (χ2n) is 11.4. The molecule has 0 unspecified atom stereocenters. The quantitative estimate of drug-likeness (QED) is 0.395. The number of ether oxygens (including phenoxy) is 1. The highest BCUT2D eigenvalue weighted by atomic mass is 19.1. The summed E-state index contributed by atoms with van der Waals surface area (Å²) in [5.41, 5.74) is 1.04. The second kappa shape index (κ2) is 10.3. The molecule has 5 rings (SSSR count). The molecular weight excluding hydrogens is 485 g/mol. The summed E-state index contributed by atoms with van der Waals surface area (Å²) in [7, 11) is 0. The van der Waals surface area contributed by atoms with E-state index in [9.17, 15) is 14.3 Å². The number of nitrogens with zero attached hydrogens (tertiary/aromatic N) is 5. The van der Waals surface area contributed by atoms with Gasteiger partial charge in [0.05, 0.1) is 30.6 Å². The van der Waals surface area contributed by atoms with Gasteiger partial charge in [0.25, 0.3) is 5.56 Å². The number of piperidine rings is 1. The van der Waals surface area contributed by atoms with Crippen molar-refractivity contribution in [2.45, 2.75) is 52.3 Å². The van der Waals surface area contributed by atoms with Crippen LogP contribution in [-0.4, -0.2) is 54.6 Å². The minimum absolute atomic E-state index is 0.0321. The normalized spacial score (nSPS) is 16.1. The molecule has 0 spiro atoms. The zero-order valence-corrected chi connectivity index (χ0v) is 22.1. The molecule has 38 heavy (non-hydrogen) atoms. The molecule has 0 bridgehead atoms. The molecule has 0 radical (unpaired) electrons. The fourth-order valence-electron chi connectivity index (χ4n) is 4.71. The minimum Gasteiger partial charge on any atom is -0.493 e. The maximum atomic E-state index is 13.3. The molecule has 4 aromatic rings. The molecule has 2 aromatic carbocycles. The first-order valence-corrected chi connectivity index (χ1v) is 12.9. The molecule has 0 saturated carbocycles. The molecule has 1 aliphatic rings. The highest BCUT2D eigenvalue weighted by Crippen LogP contribution is 2.26. The van der Waals surface area contributed by atoms with Gasteiger partial charge in [0.2, 0.25) is 0 Å². The van der Waals surface area contributed by atoms with E-state index < -0.39 is 5.60 Å². The van der Waals surface area contributed by atoms with E-state index in [4.69, 9.17) is 4.74 Å². The lowest BCUT2D eigenvalue weighted by Gasteiger charge is -2.38. The summed E-state index contributed by atoms with van der Waals surface area (Å²) in [6.07, 6.45) is 4.07. The number of benzene rings is 2. The van der Waals surface area contributed by atoms with Gasteiger partial charge >= 0.3 is 0 Å². The van der Waals surface area contributed by atoms with Gasteiger partial charge in [-0.25, -0.2) is 14.1 Å². The van der Waals surface area contributed by atoms with Crippen LogP contribution in [0, 0.1) is 11.2 Å². The average Bonchev–Trinajstić information content (AvgIpc) is 3.32. The molecule has 2 aromatic heterocycles. The average molecular weight is 520 g/mol. The summed E-state index contributed by atoms with van der Waals surface area (Å²) >= 11 is 0. The van der Waals surface area contributed by atoms with Crippen LogP contribution in [-0.2, 0) is 13.1 Å². The predicted octanol–water partition coefficient (Wildman–Crippen LogP) is 4.17. The Bertz CT molecular complexity index is 1460. The van der Waals surface area contributed by atoms with Crippen molar-refractivity contribution < 1.29 is 14.2 Å². The Morgan fingerprint density at radius 3 is 2.55 bits per heavy atom. The van der Waals surface area contributed by atoms with Crippen LogP contribution >= 0.6 is 0 Å². The Balaban J connectivity index is 1.28. The van der Waals surface area contributed by atoms with Crippen molar-refractivity contribution in [3.8, 4) is 11.4 Å². The Morgan fingerprint density at radius 2 is 1.84 bits per heavy atom. The Labute approximate surface area is 221 Å². The van der Waals surface area contributed by atoms with Crippen molar-refractivity contribution >= 4 is 11.0 Å². The zero-order chi connectivity index (χ0) is 26.9. The van der Waals surface area contributed by atoms with Crippen molar-refractivity contribution in [3.05, 3.63) is 82.8 Å². The fraction of sp³-hybridized carbons (Fsp3) is 0.414. The largest absolute Gasteiger partial charge is 0.493 e. The third kappa shape index (κ3) is 5.95. The van der Waals surface area contributed by atoms with Crippen LogP contribution in [0.1, 0.15) is 39.2 Å². The molecule has 3 heterocycles. The number of hydrogen-bond acceptors (Lipinski definition) is 6. The molecule has 9 heteroatoms. The number of aromatic nitrogens is 4. The number of fused-ring (bicyclic) bond motifs is 1. The van der Waals surface area contributed by atoms with Gasteiger partial charge in [-0.2, -0.15) is 5.10 Å². The Morgan fingerprint density at radius 1 is 1.11 bits per heavy atom. The van der Waals surface area contributed by atoms with Gasteiger partial charge < -0.3 is 9.84 Å². The lowest BCUT2D eigenvalue weighted by Crippen LogP contribution is -2.47. The summed E-state index contributed by atoms with van der Waals surface area (Å²) in [4.78, 5) is 20.1. The van der Waals surface area contributed by atoms with E-state index in [0.717, 1.165) is 17.0 Å². The molecule has 200 valence electrons. The number of likely N-dealkylation sites (tertiary alicyclic amines) is 1. The number of aliphatic hydroxyl groups is 1. The van der Waals surface area contributed by atoms with E-state index in [1.165, 1.54) is 29.2 Å². The molecule has 0 atom stereocenters. The van der Waals surface area contributed by atoms with Gasteiger partial charge in [-0.1, -0.05) is 39.0 Å². The van der Waals surface area contributed by atoms with Crippen molar-refractivity contribution in [1.29, 1.82) is 0 Å². The smallest absolute Gasteiger partial charge is 0.264 e. The summed E-state index contributed by atoms with van der Waals surface area (Å²) in [6.45, 7) is 9.15. The molecule has 1 N–H and O–H groups in total. The van der Waals surface area contributed by atoms with Crippen LogP contribution in [0.5, 0.6) is 5.75 Å². The highest BCUT2D eigenvalue weighted by molar-refractivity contribution is 5.75. The van der Waals surface area contributed by atoms with Crippen LogP contribution in [0.25, 0.3) is 16.7 Å². The van der Waals surface area contributed by atoms with E-state index in [2.05, 4.69) is 35.8 Å². The highest BCUT2D eigenvalue weighted by Gasteiger charge is 2.33. The molecular formula is C29H34FN5O3. The van der Waals surface area contributed by atoms with E-state index in [-0.39, 0.29) is 23.3 Å². The van der Waals surface area contributed by atoms with Gasteiger partial charge in [0.1, 0.15) is 23.3 Å². The van der Waals surface area contributed by atoms with Gasteiger partial charge in [-0.15, -0.1) is 0 Å². The molecule has 8 nitrogen and oxygen atoms in total. The third-order valence-corrected chi connectivity index (χ3v) is 6.86. The van der Waals surface area contributed by atoms with E-state index in [1.807, 2.05) is 24.3 Å². The van der Waals surface area contributed by atoms with Crippen LogP contribution in [0.3, 0.4) is 0 Å². The van der Waals surface area contributed by atoms with Crippen LogP contribution < -0.4 is 10.3 Å². The van der Waals surface area contributed by atoms with E-state index in [0.29, 0.717) is 50.1 Å². The van der Waals surface area contributed by atoms with Crippen LogP contribution in [0.15, 0.2) is 65.8 Å². The number of halogens is 1. The first-order valence-electron chi connectivity index (χ1n) is 12.9. The number of hydrogen-bond donors (Lipinski definition) is 1. The van der Waals surface area contributed by atoms with Gasteiger partial charge in [-0.3, -0.25) is 14.3 Å². The predicted molar refractivity (Wildman–Crippen MR) is 144 cm³/mol. The van der Waals surface area contributed by atoms with Crippen molar-refractivity contribution in [1.82, 2.24) is 24.2 Å². The lowest BCUT2D eigenvalue weighted by molar-refractivity contribution is -0.0364. The summed E-state index contributed by atoms with van der Waals surface area (Å²) in [6, 6.07) is 14.1. The Kier molecular flexibility index (Phi) is 7.07.